The third-order valence-electron chi connectivity index (χ3n) is 5.70. The number of anilines is 1. The van der Waals surface area contributed by atoms with Gasteiger partial charge in [0.2, 0.25) is 5.78 Å². The van der Waals surface area contributed by atoms with E-state index in [4.69, 9.17) is 0 Å². The van der Waals surface area contributed by atoms with Gasteiger partial charge in [-0.15, -0.1) is 11.3 Å². The maximum atomic E-state index is 13.7. The number of aryl methyl sites for hydroxylation is 3. The van der Waals surface area contributed by atoms with Crippen LogP contribution in [0.3, 0.4) is 0 Å². The second-order valence-electron chi connectivity index (χ2n) is 8.14. The van der Waals surface area contributed by atoms with Crippen LogP contribution in [0.4, 0.5) is 10.8 Å². The lowest BCUT2D eigenvalue weighted by molar-refractivity contribution is -0.384. The zero-order valence-corrected chi connectivity index (χ0v) is 20.4. The summed E-state index contributed by atoms with van der Waals surface area (Å²) in [4.78, 5) is 48.4. The molecule has 0 aliphatic carbocycles. The Bertz CT molecular complexity index is 1590. The molecule has 2 aromatic carbocycles. The van der Waals surface area contributed by atoms with Crippen LogP contribution in [0.15, 0.2) is 53.8 Å². The number of benzene rings is 2. The van der Waals surface area contributed by atoms with Crippen molar-refractivity contribution >= 4 is 55.4 Å². The first-order chi connectivity index (χ1) is 16.7. The molecule has 176 valence electrons. The molecular weight excluding hydrogens is 488 g/mol. The predicted molar refractivity (Wildman–Crippen MR) is 133 cm³/mol. The molecular formula is C24H18N4O5S2. The lowest BCUT2D eigenvalue weighted by atomic mass is 9.95. The molecule has 35 heavy (non-hydrogen) atoms. The van der Waals surface area contributed by atoms with Gasteiger partial charge in [-0.25, -0.2) is 9.97 Å². The number of rotatable bonds is 5. The fourth-order valence-electron chi connectivity index (χ4n) is 4.15. The third-order valence-corrected chi connectivity index (χ3v) is 7.79. The number of aliphatic hydroxyl groups is 1. The number of aromatic nitrogens is 2. The number of hydrogen-bond donors (Lipinski definition) is 1. The maximum absolute atomic E-state index is 13.7. The summed E-state index contributed by atoms with van der Waals surface area (Å²) < 4.78 is 0.832. The van der Waals surface area contributed by atoms with E-state index < -0.39 is 28.4 Å². The first kappa shape index (κ1) is 22.8. The minimum Gasteiger partial charge on any atom is -0.503 e. The van der Waals surface area contributed by atoms with Crippen molar-refractivity contribution in [2.24, 2.45) is 0 Å². The number of ketones is 1. The van der Waals surface area contributed by atoms with Gasteiger partial charge in [-0.2, -0.15) is 0 Å². The molecule has 2 aromatic heterocycles. The van der Waals surface area contributed by atoms with E-state index in [9.17, 15) is 24.8 Å². The average molecular weight is 507 g/mol. The summed E-state index contributed by atoms with van der Waals surface area (Å²) in [7, 11) is 0. The fraction of sp³-hybridized carbons (Fsp3) is 0.167. The molecule has 0 spiro atoms. The van der Waals surface area contributed by atoms with Crippen molar-refractivity contribution < 1.29 is 19.6 Å². The van der Waals surface area contributed by atoms with Crippen molar-refractivity contribution in [1.82, 2.24) is 9.97 Å². The monoisotopic (exact) mass is 506 g/mol. The normalized spacial score (nSPS) is 15.9. The first-order valence-corrected chi connectivity index (χ1v) is 12.2. The Morgan fingerprint density at radius 3 is 2.57 bits per heavy atom. The zero-order chi connectivity index (χ0) is 25.0. The number of carbonyl (C=O) groups is 2. The van der Waals surface area contributed by atoms with Crippen molar-refractivity contribution in [3.8, 4) is 0 Å². The Hall–Kier alpha value is -3.96. The van der Waals surface area contributed by atoms with Crippen molar-refractivity contribution in [2.45, 2.75) is 26.8 Å². The molecule has 4 aromatic rings. The number of hydrogen-bond acceptors (Lipinski definition) is 9. The lowest BCUT2D eigenvalue weighted by Crippen LogP contribution is -2.31. The molecule has 0 saturated carbocycles. The Kier molecular flexibility index (Phi) is 5.45. The summed E-state index contributed by atoms with van der Waals surface area (Å²) in [6, 6.07) is 10.3. The molecule has 1 aliphatic heterocycles. The van der Waals surface area contributed by atoms with Gasteiger partial charge in [0.25, 0.3) is 11.6 Å². The highest BCUT2D eigenvalue weighted by molar-refractivity contribution is 7.22. The zero-order valence-electron chi connectivity index (χ0n) is 18.8. The van der Waals surface area contributed by atoms with Crippen LogP contribution in [-0.2, 0) is 4.79 Å². The van der Waals surface area contributed by atoms with E-state index in [1.54, 1.807) is 19.9 Å². The number of aliphatic hydroxyl groups excluding tert-OH is 1. The van der Waals surface area contributed by atoms with Crippen molar-refractivity contribution in [1.29, 1.82) is 0 Å². The van der Waals surface area contributed by atoms with Gasteiger partial charge in [-0.05, 0) is 44.0 Å². The molecule has 1 N–H and O–H groups in total. The minimum absolute atomic E-state index is 0.155. The summed E-state index contributed by atoms with van der Waals surface area (Å²) in [5, 5.41) is 23.3. The van der Waals surface area contributed by atoms with Gasteiger partial charge in [-0.1, -0.05) is 29.5 Å². The molecule has 1 atom stereocenters. The number of nitrogens with zero attached hydrogens (tertiary/aromatic N) is 4. The van der Waals surface area contributed by atoms with Crippen LogP contribution in [0.5, 0.6) is 0 Å². The predicted octanol–water partition coefficient (Wildman–Crippen LogP) is 5.37. The van der Waals surface area contributed by atoms with Crippen LogP contribution in [0, 0.1) is 30.9 Å². The molecule has 9 nitrogen and oxygen atoms in total. The largest absolute Gasteiger partial charge is 0.503 e. The van der Waals surface area contributed by atoms with Crippen LogP contribution in [0.25, 0.3) is 10.2 Å². The highest BCUT2D eigenvalue weighted by Gasteiger charge is 2.46. The van der Waals surface area contributed by atoms with Gasteiger partial charge in [-0.3, -0.25) is 24.6 Å². The number of non-ortho nitro benzene ring substituents is 1. The second kappa shape index (κ2) is 8.36. The van der Waals surface area contributed by atoms with E-state index >= 15 is 0 Å². The van der Waals surface area contributed by atoms with Gasteiger partial charge in [0, 0.05) is 12.1 Å². The topological polar surface area (TPSA) is 127 Å². The Morgan fingerprint density at radius 1 is 1.11 bits per heavy atom. The molecule has 1 amide bonds. The lowest BCUT2D eigenvalue weighted by Gasteiger charge is -2.24. The molecule has 1 unspecified atom stereocenters. The standard InChI is InChI=1S/C24H18N4O5S2/c1-11-7-8-16-17(9-11)35-24(26-16)27-19(14-5-4-6-15(10-14)28(32)33)18(21(30)23(27)31)20(29)22-12(2)25-13(3)34-22/h4-10,19,30H,1-3H3. The third kappa shape index (κ3) is 3.78. The van der Waals surface area contributed by atoms with Crippen molar-refractivity contribution in [3.05, 3.63) is 90.6 Å². The highest BCUT2D eigenvalue weighted by atomic mass is 32.1. The number of amides is 1. The molecule has 5 rings (SSSR count). The molecule has 1 aliphatic rings. The van der Waals surface area contributed by atoms with Gasteiger partial charge < -0.3 is 5.11 Å². The van der Waals surface area contributed by atoms with E-state index in [-0.39, 0.29) is 16.4 Å². The Morgan fingerprint density at radius 2 is 1.89 bits per heavy atom. The maximum Gasteiger partial charge on any atom is 0.296 e. The van der Waals surface area contributed by atoms with Crippen LogP contribution in [-0.4, -0.2) is 31.7 Å². The fourth-order valence-corrected chi connectivity index (χ4v) is 6.11. The van der Waals surface area contributed by atoms with Crippen LogP contribution in [0.2, 0.25) is 0 Å². The SMILES string of the molecule is Cc1ccc2nc(N3C(=O)C(O)=C(C(=O)c4sc(C)nc4C)C3c3cccc([N+](=O)[O-])c3)sc2c1. The summed E-state index contributed by atoms with van der Waals surface area (Å²) in [6.45, 7) is 5.38. The van der Waals surface area contributed by atoms with E-state index in [1.165, 1.54) is 34.4 Å². The molecule has 0 fully saturated rings. The molecule has 0 bridgehead atoms. The average Bonchev–Trinajstić information content (AvgIpc) is 3.46. The van der Waals surface area contributed by atoms with Crippen molar-refractivity contribution in [3.63, 3.8) is 0 Å². The molecule has 11 heteroatoms. The number of nitro groups is 1. The summed E-state index contributed by atoms with van der Waals surface area (Å²) in [6.07, 6.45) is 0. The molecule has 0 radical (unpaired) electrons. The van der Waals surface area contributed by atoms with Gasteiger partial charge >= 0.3 is 0 Å². The van der Waals surface area contributed by atoms with Crippen LogP contribution < -0.4 is 4.90 Å². The number of nitro benzene ring substituents is 1. The van der Waals surface area contributed by atoms with E-state index in [0.29, 0.717) is 26.7 Å². The summed E-state index contributed by atoms with van der Waals surface area (Å²) in [5.41, 5.74) is 2.12. The number of Topliss-reactive ketones (excluding diaryl/α,β-unsaturated/α-hetero) is 1. The Balaban J connectivity index is 1.71. The van der Waals surface area contributed by atoms with Gasteiger partial charge in [0.1, 0.15) is 0 Å². The van der Waals surface area contributed by atoms with Gasteiger partial charge in [0.15, 0.2) is 10.9 Å². The van der Waals surface area contributed by atoms with Crippen LogP contribution >= 0.6 is 22.7 Å². The second-order valence-corrected chi connectivity index (χ2v) is 10.3. The highest BCUT2D eigenvalue weighted by Crippen LogP contribution is 2.45. The number of carbonyl (C=O) groups excluding carboxylic acids is 2. The van der Waals surface area contributed by atoms with E-state index in [0.717, 1.165) is 21.6 Å². The smallest absolute Gasteiger partial charge is 0.296 e. The van der Waals surface area contributed by atoms with E-state index in [1.807, 2.05) is 25.1 Å². The first-order valence-electron chi connectivity index (χ1n) is 10.5. The Labute approximate surface area is 207 Å². The summed E-state index contributed by atoms with van der Waals surface area (Å²) in [5.74, 6) is -2.04. The molecule has 3 heterocycles. The quantitative estimate of drug-likeness (QED) is 0.219. The number of fused-ring (bicyclic) bond motifs is 1. The van der Waals surface area contributed by atoms with Crippen molar-refractivity contribution in [2.75, 3.05) is 4.90 Å². The summed E-state index contributed by atoms with van der Waals surface area (Å²) >= 11 is 2.40. The van der Waals surface area contributed by atoms with Crippen LogP contribution in [0.1, 0.15) is 37.5 Å². The minimum atomic E-state index is -1.10. The van der Waals surface area contributed by atoms with E-state index in [2.05, 4.69) is 9.97 Å². The number of thiazole rings is 2. The van der Waals surface area contributed by atoms with Gasteiger partial charge in [0.05, 0.1) is 42.3 Å². The molecule has 0 saturated heterocycles.